The average molecular weight is 616 g/mol. The number of anilines is 1. The molecule has 242 valence electrons. The van der Waals surface area contributed by atoms with Crippen LogP contribution in [-0.2, 0) is 0 Å². The molecule has 0 radical (unpaired) electrons. The number of likely N-dealkylation sites (tertiary alicyclic amines) is 1. The summed E-state index contributed by atoms with van der Waals surface area (Å²) < 4.78 is 13.0. The highest BCUT2D eigenvalue weighted by Crippen LogP contribution is 2.45. The molecule has 3 aliphatic heterocycles. The lowest BCUT2D eigenvalue weighted by molar-refractivity contribution is -0.655. The van der Waals surface area contributed by atoms with Crippen LogP contribution in [0.3, 0.4) is 0 Å². The number of nitrogens with zero attached hydrogens (tertiary/aromatic N) is 3. The number of hydrogen-bond donors (Lipinski definition) is 2. The number of carbonyl (C=O) groups is 1. The molecule has 2 aromatic carbocycles. The van der Waals surface area contributed by atoms with Crippen LogP contribution in [0.5, 0.6) is 11.5 Å². The molecule has 1 atom stereocenters. The third kappa shape index (κ3) is 7.76. The number of amides is 1. The Hall–Kier alpha value is -3.28. The first kappa shape index (κ1) is 31.7. The summed E-state index contributed by atoms with van der Waals surface area (Å²) in [7, 11) is 0. The quantitative estimate of drug-likeness (QED) is 0.496. The summed E-state index contributed by atoms with van der Waals surface area (Å²) in [5.74, 6) is 3.03. The molecule has 45 heavy (non-hydrogen) atoms. The second kappa shape index (κ2) is 14.0. The fourth-order valence-electron chi connectivity index (χ4n) is 7.85. The van der Waals surface area contributed by atoms with Gasteiger partial charge in [-0.05, 0) is 78.8 Å². The van der Waals surface area contributed by atoms with Crippen molar-refractivity contribution < 1.29 is 24.9 Å². The molecule has 3 saturated heterocycles. The highest BCUT2D eigenvalue weighted by molar-refractivity contribution is 5.94. The van der Waals surface area contributed by atoms with Crippen molar-refractivity contribution in [2.24, 2.45) is 11.3 Å². The minimum absolute atomic E-state index is 0.0260. The van der Waals surface area contributed by atoms with E-state index >= 15 is 0 Å². The second-order valence-electron chi connectivity index (χ2n) is 14.8. The molecule has 3 heterocycles. The lowest BCUT2D eigenvalue weighted by Gasteiger charge is -2.37. The molecular weight excluding hydrogens is 562 g/mol. The number of benzene rings is 2. The van der Waals surface area contributed by atoms with Crippen LogP contribution < -0.4 is 25.0 Å². The topological polar surface area (TPSA) is 99.0 Å². The van der Waals surface area contributed by atoms with Gasteiger partial charge in [-0.3, -0.25) is 4.79 Å². The maximum absolute atomic E-state index is 13.8. The Kier molecular flexibility index (Phi) is 9.87. The van der Waals surface area contributed by atoms with Crippen molar-refractivity contribution in [2.45, 2.75) is 83.8 Å². The first-order valence-corrected chi connectivity index (χ1v) is 17.5. The molecule has 0 unspecified atom stereocenters. The van der Waals surface area contributed by atoms with Crippen LogP contribution in [0.1, 0.15) is 93.1 Å². The van der Waals surface area contributed by atoms with Crippen molar-refractivity contribution in [1.29, 1.82) is 5.26 Å². The number of rotatable bonds is 7. The smallest absolute Gasteiger partial charge is 0.253 e. The summed E-state index contributed by atoms with van der Waals surface area (Å²) in [5, 5.41) is 14.3. The molecule has 2 aromatic rings. The molecule has 8 heteroatoms. The molecule has 1 aliphatic carbocycles. The molecule has 4 fully saturated rings. The molecule has 0 spiro atoms. The summed E-state index contributed by atoms with van der Waals surface area (Å²) in [4.78, 5) is 18.2. The Morgan fingerprint density at radius 2 is 1.60 bits per heavy atom. The highest BCUT2D eigenvalue weighted by atomic mass is 16.5. The van der Waals surface area contributed by atoms with E-state index < -0.39 is 0 Å². The first-order valence-electron chi connectivity index (χ1n) is 17.5. The zero-order valence-corrected chi connectivity index (χ0v) is 27.6. The monoisotopic (exact) mass is 615 g/mol. The van der Waals surface area contributed by atoms with Crippen molar-refractivity contribution in [3.8, 4) is 17.6 Å². The van der Waals surface area contributed by atoms with Gasteiger partial charge in [0.05, 0.1) is 44.4 Å². The molecule has 0 aromatic heterocycles. The zero-order chi connectivity index (χ0) is 31.4. The fourth-order valence-corrected chi connectivity index (χ4v) is 7.85. The number of nitriles is 1. The predicted molar refractivity (Wildman–Crippen MR) is 176 cm³/mol. The summed E-state index contributed by atoms with van der Waals surface area (Å²) in [6, 6.07) is 14.4. The van der Waals surface area contributed by atoms with E-state index in [0.717, 1.165) is 100 Å². The molecule has 8 nitrogen and oxygen atoms in total. The van der Waals surface area contributed by atoms with Gasteiger partial charge in [-0.2, -0.15) is 5.26 Å². The minimum Gasteiger partial charge on any atom is -0.490 e. The van der Waals surface area contributed by atoms with E-state index in [9.17, 15) is 10.1 Å². The maximum Gasteiger partial charge on any atom is 0.253 e. The second-order valence-corrected chi connectivity index (χ2v) is 14.8. The Balaban J connectivity index is 1.11. The van der Waals surface area contributed by atoms with Crippen molar-refractivity contribution >= 4 is 11.6 Å². The number of quaternary nitrogens is 2. The normalized spacial score (nSPS) is 24.7. The van der Waals surface area contributed by atoms with Crippen LogP contribution in [0, 0.1) is 22.7 Å². The number of ether oxygens (including phenoxy) is 2. The summed E-state index contributed by atoms with van der Waals surface area (Å²) in [6.07, 6.45) is 7.67. The molecule has 1 saturated carbocycles. The van der Waals surface area contributed by atoms with E-state index in [1.807, 2.05) is 23.1 Å². The number of piperazine rings is 1. The van der Waals surface area contributed by atoms with E-state index in [2.05, 4.69) is 60.6 Å². The van der Waals surface area contributed by atoms with Crippen LogP contribution in [0.25, 0.3) is 0 Å². The number of nitrogens with two attached hydrogens (primary N) is 2. The lowest BCUT2D eigenvalue weighted by Crippen LogP contribution is -2.89. The minimum atomic E-state index is 0.0260. The number of hydrogen-bond acceptors (Lipinski definition) is 5. The Morgan fingerprint density at radius 3 is 2.27 bits per heavy atom. The van der Waals surface area contributed by atoms with Gasteiger partial charge in [-0.25, -0.2) is 0 Å². The number of carbonyl (C=O) groups excluding carboxylic acids is 1. The molecule has 6 rings (SSSR count). The summed E-state index contributed by atoms with van der Waals surface area (Å²) >= 11 is 0. The van der Waals surface area contributed by atoms with E-state index in [-0.39, 0.29) is 18.1 Å². The van der Waals surface area contributed by atoms with E-state index in [1.54, 1.807) is 0 Å². The SMILES string of the molecule is CC(C)(C)C1CCC(c2cc(C(=O)N3CCC(Oc4cc(C#N)cc(N5CC[NH2+]CC5)c4)CC3)ccc2O[C@H]2CC[NH2+]C2)CC1. The summed E-state index contributed by atoms with van der Waals surface area (Å²) in [5.41, 5.74) is 4.04. The van der Waals surface area contributed by atoms with Gasteiger partial charge in [0.2, 0.25) is 0 Å². The van der Waals surface area contributed by atoms with Gasteiger partial charge in [0.25, 0.3) is 5.91 Å². The molecule has 4 N–H and O–H groups in total. The van der Waals surface area contributed by atoms with Gasteiger partial charge in [-0.1, -0.05) is 20.8 Å². The Bertz CT molecular complexity index is 1350. The molecular formula is C37H53N5O3+2. The van der Waals surface area contributed by atoms with Crippen molar-refractivity contribution in [3.05, 3.63) is 53.1 Å². The third-order valence-corrected chi connectivity index (χ3v) is 10.7. The molecule has 0 bridgehead atoms. The van der Waals surface area contributed by atoms with Gasteiger partial charge in [0.15, 0.2) is 6.10 Å². The Labute approximate surface area is 269 Å². The van der Waals surface area contributed by atoms with Gasteiger partial charge in [0, 0.05) is 49.7 Å². The van der Waals surface area contributed by atoms with Crippen LogP contribution in [0.4, 0.5) is 5.69 Å². The van der Waals surface area contributed by atoms with Crippen LogP contribution in [-0.4, -0.2) is 75.4 Å². The van der Waals surface area contributed by atoms with E-state index in [1.165, 1.54) is 18.4 Å². The first-order chi connectivity index (χ1) is 21.8. The average Bonchev–Trinajstić information content (AvgIpc) is 3.58. The maximum atomic E-state index is 13.8. The van der Waals surface area contributed by atoms with Gasteiger partial charge < -0.3 is 29.9 Å². The van der Waals surface area contributed by atoms with Gasteiger partial charge in [-0.15, -0.1) is 0 Å². The van der Waals surface area contributed by atoms with Crippen LogP contribution in [0.2, 0.25) is 0 Å². The standard InChI is InChI=1S/C37H51N5O3/c1-37(2,3)29-7-4-27(5-8-29)34-22-28(6-9-35(34)45-32-10-13-40-25-32)36(43)42-16-11-31(12-17-42)44-33-21-26(24-38)20-30(23-33)41-18-14-39-15-19-41/h6,9,20-23,27,29,31-32,39-40H,4-5,7-8,10-19,25H2,1-3H3/p+2/t27?,29?,32-/m0/s1. The van der Waals surface area contributed by atoms with Crippen LogP contribution >= 0.6 is 0 Å². The van der Waals surface area contributed by atoms with Crippen molar-refractivity contribution in [2.75, 3.05) is 57.3 Å². The van der Waals surface area contributed by atoms with Gasteiger partial charge in [0.1, 0.15) is 24.1 Å². The third-order valence-electron chi connectivity index (χ3n) is 10.7. The molecule has 1 amide bonds. The number of piperidine rings is 1. The Morgan fingerprint density at radius 1 is 0.844 bits per heavy atom. The molecule has 4 aliphatic rings. The van der Waals surface area contributed by atoms with Crippen LogP contribution in [0.15, 0.2) is 36.4 Å². The zero-order valence-electron chi connectivity index (χ0n) is 27.6. The van der Waals surface area contributed by atoms with Crippen molar-refractivity contribution in [3.63, 3.8) is 0 Å². The van der Waals surface area contributed by atoms with Gasteiger partial charge >= 0.3 is 0 Å². The van der Waals surface area contributed by atoms with E-state index in [4.69, 9.17) is 9.47 Å². The van der Waals surface area contributed by atoms with E-state index in [0.29, 0.717) is 30.0 Å². The van der Waals surface area contributed by atoms with Crippen molar-refractivity contribution in [1.82, 2.24) is 4.90 Å². The fraction of sp³-hybridized carbons (Fsp3) is 0.622. The predicted octanol–water partition coefficient (Wildman–Crippen LogP) is 3.66. The summed E-state index contributed by atoms with van der Waals surface area (Å²) in [6.45, 7) is 14.6. The highest BCUT2D eigenvalue weighted by Gasteiger charge is 2.33. The lowest BCUT2D eigenvalue weighted by atomic mass is 9.68. The largest absolute Gasteiger partial charge is 0.490 e.